The molecule has 19 heavy (non-hydrogen) atoms. The second-order valence-electron chi connectivity index (χ2n) is 7.00. The molecule has 0 bridgehead atoms. The smallest absolute Gasteiger partial charge is 0.235 e. The number of likely N-dealkylation sites (tertiary alicyclic amines) is 1. The van der Waals surface area contributed by atoms with Crippen LogP contribution in [0.3, 0.4) is 0 Å². The maximum Gasteiger partial charge on any atom is 0.235 e. The number of amides is 1. The molecule has 2 N–H and O–H groups in total. The van der Waals surface area contributed by atoms with Gasteiger partial charge in [-0.15, -0.1) is 0 Å². The van der Waals surface area contributed by atoms with Gasteiger partial charge in [-0.25, -0.2) is 0 Å². The van der Waals surface area contributed by atoms with E-state index < -0.39 is 5.41 Å². The molecule has 1 heterocycles. The van der Waals surface area contributed by atoms with E-state index in [-0.39, 0.29) is 11.3 Å². The molecule has 3 nitrogen and oxygen atoms in total. The fourth-order valence-electron chi connectivity index (χ4n) is 3.49. The lowest BCUT2D eigenvalue weighted by atomic mass is 9.78. The van der Waals surface area contributed by atoms with Crippen LogP contribution in [-0.2, 0) is 4.79 Å². The van der Waals surface area contributed by atoms with E-state index in [4.69, 9.17) is 18.0 Å². The van der Waals surface area contributed by atoms with Crippen molar-refractivity contribution in [2.45, 2.75) is 58.8 Å². The summed E-state index contributed by atoms with van der Waals surface area (Å²) in [5.41, 5.74) is 5.68. The van der Waals surface area contributed by atoms with Crippen molar-refractivity contribution in [3.63, 3.8) is 0 Å². The summed E-state index contributed by atoms with van der Waals surface area (Å²) in [6, 6.07) is 0. The second kappa shape index (κ2) is 5.39. The fourth-order valence-corrected chi connectivity index (χ4v) is 3.78. The average molecular weight is 282 g/mol. The SMILES string of the molecule is CC1(C)CCN(C(=O)C2(C(N)=S)CCCCCC2)C1. The summed E-state index contributed by atoms with van der Waals surface area (Å²) >= 11 is 5.29. The predicted octanol–water partition coefficient (Wildman–Crippen LogP) is 2.87. The van der Waals surface area contributed by atoms with Crippen LogP contribution in [0, 0.1) is 10.8 Å². The van der Waals surface area contributed by atoms with Crippen molar-refractivity contribution in [1.82, 2.24) is 4.90 Å². The van der Waals surface area contributed by atoms with E-state index in [9.17, 15) is 4.79 Å². The summed E-state index contributed by atoms with van der Waals surface area (Å²) < 4.78 is 0. The largest absolute Gasteiger partial charge is 0.392 e. The van der Waals surface area contributed by atoms with Gasteiger partial charge in [0.05, 0.1) is 10.4 Å². The van der Waals surface area contributed by atoms with Gasteiger partial charge in [0.2, 0.25) is 5.91 Å². The minimum Gasteiger partial charge on any atom is -0.392 e. The molecule has 0 aromatic heterocycles. The van der Waals surface area contributed by atoms with Gasteiger partial charge in [-0.3, -0.25) is 4.79 Å². The molecule has 108 valence electrons. The number of nitrogens with zero attached hydrogens (tertiary/aromatic N) is 1. The van der Waals surface area contributed by atoms with Crippen molar-refractivity contribution in [3.8, 4) is 0 Å². The quantitative estimate of drug-likeness (QED) is 0.626. The monoisotopic (exact) mass is 282 g/mol. The normalized spacial score (nSPS) is 25.9. The summed E-state index contributed by atoms with van der Waals surface area (Å²) in [7, 11) is 0. The van der Waals surface area contributed by atoms with Crippen LogP contribution in [0.1, 0.15) is 58.8 Å². The van der Waals surface area contributed by atoms with Crippen molar-refractivity contribution >= 4 is 23.1 Å². The molecule has 1 saturated heterocycles. The molecule has 1 aliphatic heterocycles. The number of carbonyl (C=O) groups is 1. The highest BCUT2D eigenvalue weighted by molar-refractivity contribution is 7.80. The third-order valence-corrected chi connectivity index (χ3v) is 5.19. The number of thiocarbonyl (C=S) groups is 1. The Morgan fingerprint density at radius 3 is 2.11 bits per heavy atom. The van der Waals surface area contributed by atoms with Gasteiger partial charge in [0.25, 0.3) is 0 Å². The highest BCUT2D eigenvalue weighted by atomic mass is 32.1. The van der Waals surface area contributed by atoms with Crippen molar-refractivity contribution < 1.29 is 4.79 Å². The molecular formula is C15H26N2OS. The molecule has 0 spiro atoms. The molecule has 2 fully saturated rings. The third-order valence-electron chi connectivity index (χ3n) is 4.80. The molecule has 1 amide bonds. The van der Waals surface area contributed by atoms with Crippen LogP contribution in [0.25, 0.3) is 0 Å². The lowest BCUT2D eigenvalue weighted by Gasteiger charge is -2.34. The molecule has 4 heteroatoms. The number of nitrogens with two attached hydrogens (primary N) is 1. The fraction of sp³-hybridized carbons (Fsp3) is 0.867. The van der Waals surface area contributed by atoms with Crippen molar-refractivity contribution in [2.24, 2.45) is 16.6 Å². The molecule has 1 saturated carbocycles. The first-order valence-corrected chi connectivity index (χ1v) is 7.88. The van der Waals surface area contributed by atoms with Gasteiger partial charge in [0, 0.05) is 13.1 Å². The van der Waals surface area contributed by atoms with Crippen LogP contribution in [0.5, 0.6) is 0 Å². The van der Waals surface area contributed by atoms with Crippen LogP contribution in [-0.4, -0.2) is 28.9 Å². The Morgan fingerprint density at radius 2 is 1.68 bits per heavy atom. The van der Waals surface area contributed by atoms with Crippen molar-refractivity contribution in [1.29, 1.82) is 0 Å². The Bertz CT molecular complexity index is 370. The molecule has 1 aliphatic carbocycles. The number of carbonyl (C=O) groups excluding carboxylic acids is 1. The van der Waals surface area contributed by atoms with Crippen molar-refractivity contribution in [3.05, 3.63) is 0 Å². The molecule has 0 aromatic carbocycles. The molecular weight excluding hydrogens is 256 g/mol. The van der Waals surface area contributed by atoms with Crippen molar-refractivity contribution in [2.75, 3.05) is 13.1 Å². The average Bonchev–Trinajstić information content (AvgIpc) is 2.57. The number of rotatable bonds is 2. The number of hydrogen-bond acceptors (Lipinski definition) is 2. The van der Waals surface area contributed by atoms with E-state index in [0.717, 1.165) is 45.2 Å². The Kier molecular flexibility index (Phi) is 4.19. The Hall–Kier alpha value is -0.640. The highest BCUT2D eigenvalue weighted by Crippen LogP contribution is 2.40. The zero-order chi connectivity index (χ0) is 14.1. The van der Waals surface area contributed by atoms with E-state index >= 15 is 0 Å². The summed E-state index contributed by atoms with van der Waals surface area (Å²) in [6.45, 7) is 6.15. The van der Waals surface area contributed by atoms with Gasteiger partial charge in [-0.05, 0) is 24.7 Å². The first kappa shape index (κ1) is 14.8. The first-order chi connectivity index (χ1) is 8.87. The summed E-state index contributed by atoms with van der Waals surface area (Å²) in [4.78, 5) is 15.4. The van der Waals surface area contributed by atoms with Crippen LogP contribution in [0.15, 0.2) is 0 Å². The Labute approximate surface area is 121 Å². The van der Waals surface area contributed by atoms with Gasteiger partial charge in [-0.2, -0.15) is 0 Å². The maximum absolute atomic E-state index is 13.0. The van der Waals surface area contributed by atoms with Gasteiger partial charge in [-0.1, -0.05) is 51.7 Å². The molecule has 0 aromatic rings. The molecule has 0 unspecified atom stereocenters. The number of hydrogen-bond donors (Lipinski definition) is 1. The zero-order valence-corrected chi connectivity index (χ0v) is 13.0. The van der Waals surface area contributed by atoms with Crippen LogP contribution in [0.2, 0.25) is 0 Å². The molecule has 2 aliphatic rings. The minimum atomic E-state index is -0.549. The first-order valence-electron chi connectivity index (χ1n) is 7.47. The van der Waals surface area contributed by atoms with E-state index in [1.54, 1.807) is 0 Å². The standard InChI is InChI=1S/C15H26N2OS/c1-14(2)9-10-17(11-14)13(18)15(12(16)19)7-5-3-4-6-8-15/h3-11H2,1-2H3,(H2,16,19). The topological polar surface area (TPSA) is 46.3 Å². The molecule has 0 atom stereocenters. The van der Waals surface area contributed by atoms with E-state index in [2.05, 4.69) is 13.8 Å². The van der Waals surface area contributed by atoms with E-state index in [1.807, 2.05) is 4.90 Å². The lowest BCUT2D eigenvalue weighted by molar-refractivity contribution is -0.138. The lowest BCUT2D eigenvalue weighted by Crippen LogP contribution is -2.50. The van der Waals surface area contributed by atoms with Crippen LogP contribution in [0.4, 0.5) is 0 Å². The highest BCUT2D eigenvalue weighted by Gasteiger charge is 2.46. The Morgan fingerprint density at radius 1 is 1.11 bits per heavy atom. The van der Waals surface area contributed by atoms with Gasteiger partial charge in [0.1, 0.15) is 0 Å². The predicted molar refractivity (Wildman–Crippen MR) is 81.9 cm³/mol. The minimum absolute atomic E-state index is 0.201. The zero-order valence-electron chi connectivity index (χ0n) is 12.2. The van der Waals surface area contributed by atoms with Crippen LogP contribution >= 0.6 is 12.2 Å². The van der Waals surface area contributed by atoms with Crippen LogP contribution < -0.4 is 5.73 Å². The Balaban J connectivity index is 2.19. The maximum atomic E-state index is 13.0. The molecule has 2 rings (SSSR count). The van der Waals surface area contributed by atoms with E-state index in [0.29, 0.717) is 4.99 Å². The summed E-state index contributed by atoms with van der Waals surface area (Å²) in [5, 5.41) is 0. The summed E-state index contributed by atoms with van der Waals surface area (Å²) in [6.07, 6.45) is 7.30. The second-order valence-corrected chi connectivity index (χ2v) is 7.44. The van der Waals surface area contributed by atoms with Gasteiger partial charge < -0.3 is 10.6 Å². The van der Waals surface area contributed by atoms with E-state index in [1.165, 1.54) is 12.8 Å². The van der Waals surface area contributed by atoms with Gasteiger partial charge >= 0.3 is 0 Å². The van der Waals surface area contributed by atoms with Gasteiger partial charge in [0.15, 0.2) is 0 Å². The third kappa shape index (κ3) is 2.93. The molecule has 0 radical (unpaired) electrons. The summed E-state index contributed by atoms with van der Waals surface area (Å²) in [5.74, 6) is 0.201.